The number of nitrogens with zero attached hydrogens (tertiary/aromatic N) is 1. The Kier molecular flexibility index (Phi) is 12.9. The lowest BCUT2D eigenvalue weighted by Crippen LogP contribution is -2.41. The van der Waals surface area contributed by atoms with Crippen molar-refractivity contribution in [2.45, 2.75) is 156 Å². The summed E-state index contributed by atoms with van der Waals surface area (Å²) < 4.78 is 10.9. The van der Waals surface area contributed by atoms with Gasteiger partial charge in [0.2, 0.25) is 0 Å². The fraction of sp³-hybridized carbons (Fsp3) is 0.641. The second-order valence-corrected chi connectivity index (χ2v) is 17.1. The van der Waals surface area contributed by atoms with Crippen molar-refractivity contribution in [3.05, 3.63) is 67.8 Å². The van der Waals surface area contributed by atoms with Crippen molar-refractivity contribution >= 4 is 11.9 Å². The highest BCUT2D eigenvalue weighted by atomic mass is 16.6. The van der Waals surface area contributed by atoms with Crippen LogP contribution < -0.4 is 0 Å². The van der Waals surface area contributed by atoms with Gasteiger partial charge in [-0.1, -0.05) is 114 Å². The first kappa shape index (κ1) is 40.6. The smallest absolute Gasteiger partial charge is 0.306 e. The van der Waals surface area contributed by atoms with Gasteiger partial charge in [-0.15, -0.1) is 0 Å². The van der Waals surface area contributed by atoms with Crippen molar-refractivity contribution in [3.63, 3.8) is 0 Å². The van der Waals surface area contributed by atoms with Gasteiger partial charge in [0.25, 0.3) is 6.04 Å². The highest BCUT2D eigenvalue weighted by Gasteiger charge is 2.35. The first-order chi connectivity index (χ1) is 21.8. The third-order valence-corrected chi connectivity index (χ3v) is 8.61. The number of phenols is 2. The molecule has 0 aromatic heterocycles. The van der Waals surface area contributed by atoms with E-state index in [9.17, 15) is 29.9 Å². The molecule has 0 aliphatic heterocycles. The van der Waals surface area contributed by atoms with Crippen LogP contribution in [0.15, 0.2) is 24.3 Å². The maximum absolute atomic E-state index is 12.9. The molecular formula is C39H59NO8. The molecule has 2 rings (SSSR count). The topological polar surface area (TPSA) is 136 Å². The number of ether oxygens (including phenoxy) is 2. The Balaban J connectivity index is 2.11. The Morgan fingerprint density at radius 1 is 0.688 bits per heavy atom. The van der Waals surface area contributed by atoms with Gasteiger partial charge in [-0.25, -0.2) is 0 Å². The van der Waals surface area contributed by atoms with E-state index in [0.717, 1.165) is 33.4 Å². The molecule has 0 amide bonds. The van der Waals surface area contributed by atoms with Crippen LogP contribution in [0.25, 0.3) is 0 Å². The molecule has 0 heterocycles. The van der Waals surface area contributed by atoms with Crippen LogP contribution in [-0.2, 0) is 53.6 Å². The van der Waals surface area contributed by atoms with Crippen LogP contribution in [0.2, 0.25) is 0 Å². The lowest BCUT2D eigenvalue weighted by molar-refractivity contribution is -0.537. The Labute approximate surface area is 287 Å². The number of hydrogen-bond donors (Lipinski definition) is 2. The average molecular weight is 670 g/mol. The van der Waals surface area contributed by atoms with E-state index in [0.29, 0.717) is 12.8 Å². The number of phenolic OH excluding ortho intramolecular Hbond substituents is 2. The molecule has 0 bridgehead atoms. The number of hydrogen-bond acceptors (Lipinski definition) is 8. The van der Waals surface area contributed by atoms with Crippen molar-refractivity contribution in [1.82, 2.24) is 0 Å². The Hall–Kier alpha value is -3.62. The average Bonchev–Trinajstić information content (AvgIpc) is 2.92. The van der Waals surface area contributed by atoms with Crippen LogP contribution >= 0.6 is 0 Å². The summed E-state index contributed by atoms with van der Waals surface area (Å²) in [7, 11) is 0. The van der Waals surface area contributed by atoms with E-state index in [2.05, 4.69) is 0 Å². The maximum Gasteiger partial charge on any atom is 0.306 e. The van der Waals surface area contributed by atoms with Crippen LogP contribution in [0.5, 0.6) is 11.5 Å². The van der Waals surface area contributed by atoms with E-state index < -0.39 is 35.6 Å². The normalized spacial score (nSPS) is 13.9. The third kappa shape index (κ3) is 11.0. The lowest BCUT2D eigenvalue weighted by Gasteiger charge is -2.28. The van der Waals surface area contributed by atoms with Gasteiger partial charge < -0.3 is 19.7 Å². The van der Waals surface area contributed by atoms with Gasteiger partial charge >= 0.3 is 11.9 Å². The third-order valence-electron chi connectivity index (χ3n) is 8.61. The van der Waals surface area contributed by atoms with Gasteiger partial charge in [0.1, 0.15) is 11.5 Å². The predicted molar refractivity (Wildman–Crippen MR) is 190 cm³/mol. The number of nitro groups is 1. The minimum atomic E-state index is -1.41. The van der Waals surface area contributed by atoms with Gasteiger partial charge in [0.05, 0.1) is 0 Å². The van der Waals surface area contributed by atoms with E-state index in [1.165, 1.54) is 0 Å². The molecule has 2 N–H and O–H groups in total. The summed E-state index contributed by atoms with van der Waals surface area (Å²) in [5.74, 6) is -0.674. The molecule has 9 nitrogen and oxygen atoms in total. The summed E-state index contributed by atoms with van der Waals surface area (Å²) in [5.41, 5.74) is 3.60. The van der Waals surface area contributed by atoms with Gasteiger partial charge in [0, 0.05) is 17.8 Å². The summed E-state index contributed by atoms with van der Waals surface area (Å²) in [4.78, 5) is 37.2. The highest BCUT2D eigenvalue weighted by molar-refractivity contribution is 5.70. The van der Waals surface area contributed by atoms with Crippen molar-refractivity contribution in [3.8, 4) is 11.5 Å². The van der Waals surface area contributed by atoms with Crippen LogP contribution in [-0.4, -0.2) is 45.8 Å². The van der Waals surface area contributed by atoms with Crippen LogP contribution in [0.4, 0.5) is 0 Å². The first-order valence-corrected chi connectivity index (χ1v) is 17.0. The van der Waals surface area contributed by atoms with Gasteiger partial charge in [-0.05, 0) is 74.3 Å². The molecule has 48 heavy (non-hydrogen) atoms. The zero-order chi connectivity index (χ0) is 37.0. The second-order valence-electron chi connectivity index (χ2n) is 17.1. The fourth-order valence-electron chi connectivity index (χ4n) is 5.67. The maximum atomic E-state index is 12.9. The Morgan fingerprint density at radius 3 is 1.31 bits per heavy atom. The van der Waals surface area contributed by atoms with Gasteiger partial charge in [0.15, 0.2) is 12.7 Å². The molecule has 0 saturated carbocycles. The van der Waals surface area contributed by atoms with E-state index >= 15 is 0 Å². The molecule has 2 atom stereocenters. The second kappa shape index (κ2) is 15.3. The minimum absolute atomic E-state index is 0.00130. The number of rotatable bonds is 12. The Bertz CT molecular complexity index is 1390. The van der Waals surface area contributed by atoms with E-state index in [4.69, 9.17) is 9.47 Å². The number of carbonyl (C=O) groups excluding carboxylic acids is 2. The van der Waals surface area contributed by atoms with E-state index in [1.54, 1.807) is 6.92 Å². The summed E-state index contributed by atoms with van der Waals surface area (Å²) >= 11 is 0. The van der Waals surface area contributed by atoms with Crippen molar-refractivity contribution in [2.75, 3.05) is 6.61 Å². The minimum Gasteiger partial charge on any atom is -0.507 e. The van der Waals surface area contributed by atoms with Crippen LogP contribution in [0.1, 0.15) is 143 Å². The van der Waals surface area contributed by atoms with Crippen molar-refractivity contribution < 1.29 is 34.2 Å². The number of carbonyl (C=O) groups is 2. The molecular weight excluding hydrogens is 610 g/mol. The first-order valence-electron chi connectivity index (χ1n) is 17.0. The molecule has 0 saturated heterocycles. The quantitative estimate of drug-likeness (QED) is 0.131. The zero-order valence-corrected chi connectivity index (χ0v) is 31.5. The summed E-state index contributed by atoms with van der Waals surface area (Å²) in [6, 6.07) is 6.19. The molecule has 9 heteroatoms. The Morgan fingerprint density at radius 2 is 1.02 bits per heavy atom. The summed E-state index contributed by atoms with van der Waals surface area (Å²) in [6.45, 7) is 25.3. The van der Waals surface area contributed by atoms with Gasteiger partial charge in [-0.2, -0.15) is 0 Å². The van der Waals surface area contributed by atoms with Gasteiger partial charge in [-0.3, -0.25) is 19.7 Å². The van der Waals surface area contributed by atoms with E-state index in [1.807, 2.05) is 107 Å². The predicted octanol–water partition coefficient (Wildman–Crippen LogP) is 8.36. The summed E-state index contributed by atoms with van der Waals surface area (Å²) in [6.07, 6.45) is -0.223. The molecule has 2 aromatic rings. The zero-order valence-electron chi connectivity index (χ0n) is 31.5. The summed E-state index contributed by atoms with van der Waals surface area (Å²) in [5, 5.41) is 34.0. The number of benzene rings is 2. The SMILES string of the molecule is CCC(OC(=O)CCc1cc(C(C)(C)C)c(O)c(C(C)(C)C)c1)C(COC(=O)CCc1cc(C(C)(C)C)c(O)c(C(C)(C)C)c1)[N+](=O)[O-]. The lowest BCUT2D eigenvalue weighted by atomic mass is 9.78. The van der Waals surface area contributed by atoms with E-state index in [-0.39, 0.29) is 52.4 Å². The molecule has 2 aromatic carbocycles. The number of aryl methyl sites for hydroxylation is 2. The molecule has 0 fully saturated rings. The largest absolute Gasteiger partial charge is 0.507 e. The van der Waals surface area contributed by atoms with Crippen LogP contribution in [0.3, 0.4) is 0 Å². The molecule has 0 aliphatic rings. The van der Waals surface area contributed by atoms with Crippen molar-refractivity contribution in [1.29, 1.82) is 0 Å². The molecule has 2 unspecified atom stereocenters. The standard InChI is InChI=1S/C39H59NO8/c1-14-31(48-33(42)18-16-25-21-28(38(8,9)10)35(44)29(22-25)39(11,12)13)30(40(45)46)23-47-32(41)17-15-24-19-26(36(2,3)4)34(43)27(20-24)37(5,6)7/h19-22,30-31,43-44H,14-18,23H2,1-13H3. The molecule has 0 aliphatic carbocycles. The van der Waals surface area contributed by atoms with Crippen LogP contribution in [0, 0.1) is 10.1 Å². The monoisotopic (exact) mass is 669 g/mol. The molecule has 268 valence electrons. The molecule has 0 spiro atoms. The number of aromatic hydroxyl groups is 2. The number of esters is 2. The van der Waals surface area contributed by atoms with Crippen molar-refractivity contribution in [2.24, 2.45) is 0 Å². The fourth-order valence-corrected chi connectivity index (χ4v) is 5.67. The highest BCUT2D eigenvalue weighted by Crippen LogP contribution is 2.41. The molecule has 0 radical (unpaired) electrons.